The normalized spacial score (nSPS) is 11.9. The molecule has 0 radical (unpaired) electrons. The van der Waals surface area contributed by atoms with Crippen molar-refractivity contribution in [1.82, 2.24) is 0 Å². The van der Waals surface area contributed by atoms with Crippen LogP contribution in [0.1, 0.15) is 5.56 Å². The van der Waals surface area contributed by atoms with Crippen LogP contribution in [0.25, 0.3) is 0 Å². The maximum absolute atomic E-state index is 13.0. The van der Waals surface area contributed by atoms with Crippen LogP contribution in [0.15, 0.2) is 48.5 Å². The van der Waals surface area contributed by atoms with E-state index in [1.807, 2.05) is 0 Å². The molecule has 0 aliphatic rings. The molecule has 20 heavy (non-hydrogen) atoms. The molecule has 0 bridgehead atoms. The third kappa shape index (κ3) is 3.80. The van der Waals surface area contributed by atoms with Crippen molar-refractivity contribution in [1.29, 1.82) is 0 Å². The maximum atomic E-state index is 13.0. The molecule has 1 unspecified atom stereocenters. The lowest BCUT2D eigenvalue weighted by molar-refractivity contribution is -0.138. The van der Waals surface area contributed by atoms with Crippen LogP contribution in [-0.2, 0) is 11.2 Å². The quantitative estimate of drug-likeness (QED) is 0.879. The van der Waals surface area contributed by atoms with Gasteiger partial charge in [0.05, 0.1) is 0 Å². The summed E-state index contributed by atoms with van der Waals surface area (Å²) < 4.78 is 18.5. The van der Waals surface area contributed by atoms with Gasteiger partial charge in [0.25, 0.3) is 0 Å². The molecule has 0 saturated carbocycles. The third-order valence-electron chi connectivity index (χ3n) is 2.73. The van der Waals surface area contributed by atoms with Crippen molar-refractivity contribution in [2.75, 3.05) is 0 Å². The molecule has 0 aliphatic carbocycles. The van der Waals surface area contributed by atoms with Crippen LogP contribution in [-0.4, -0.2) is 17.1 Å². The van der Waals surface area contributed by atoms with Crippen molar-refractivity contribution in [3.63, 3.8) is 0 Å². The maximum Gasteiger partial charge on any atom is 0.320 e. The van der Waals surface area contributed by atoms with Gasteiger partial charge >= 0.3 is 5.97 Å². The molecule has 2 aromatic rings. The summed E-state index contributed by atoms with van der Waals surface area (Å²) in [7, 11) is 0. The Morgan fingerprint density at radius 3 is 2.50 bits per heavy atom. The summed E-state index contributed by atoms with van der Waals surface area (Å²) in [6, 6.07) is 11.8. The first kappa shape index (κ1) is 14.0. The second-order valence-electron chi connectivity index (χ2n) is 4.35. The Morgan fingerprint density at radius 2 is 1.90 bits per heavy atom. The van der Waals surface area contributed by atoms with E-state index in [4.69, 9.17) is 15.6 Å². The molecular weight excluding hydrogens is 261 g/mol. The highest BCUT2D eigenvalue weighted by molar-refractivity contribution is 5.73. The summed E-state index contributed by atoms with van der Waals surface area (Å²) in [5.74, 6) is -0.458. The number of aliphatic carboxylic acids is 1. The molecule has 0 aromatic heterocycles. The Kier molecular flexibility index (Phi) is 4.32. The first-order chi connectivity index (χ1) is 9.54. The fourth-order valence-electron chi connectivity index (χ4n) is 1.70. The summed E-state index contributed by atoms with van der Waals surface area (Å²) in [6.45, 7) is 0. The second-order valence-corrected chi connectivity index (χ2v) is 4.35. The van der Waals surface area contributed by atoms with E-state index in [-0.39, 0.29) is 12.2 Å². The van der Waals surface area contributed by atoms with Crippen LogP contribution in [0.5, 0.6) is 11.5 Å². The number of carbonyl (C=O) groups is 1. The molecule has 4 nitrogen and oxygen atoms in total. The second kappa shape index (κ2) is 6.16. The zero-order chi connectivity index (χ0) is 14.5. The molecule has 0 saturated heterocycles. The molecule has 1 atom stereocenters. The van der Waals surface area contributed by atoms with Crippen LogP contribution in [0.3, 0.4) is 0 Å². The first-order valence-corrected chi connectivity index (χ1v) is 6.05. The highest BCUT2D eigenvalue weighted by atomic mass is 19.1. The number of nitrogens with two attached hydrogens (primary N) is 1. The Balaban J connectivity index is 2.03. The van der Waals surface area contributed by atoms with Gasteiger partial charge in [0, 0.05) is 6.07 Å². The van der Waals surface area contributed by atoms with Gasteiger partial charge in [-0.15, -0.1) is 0 Å². The minimum absolute atomic E-state index is 0.246. The summed E-state index contributed by atoms with van der Waals surface area (Å²) in [5.41, 5.74) is 6.25. The molecule has 0 amide bonds. The highest BCUT2D eigenvalue weighted by Crippen LogP contribution is 2.22. The molecule has 2 aromatic carbocycles. The van der Waals surface area contributed by atoms with Crippen LogP contribution in [0.2, 0.25) is 0 Å². The van der Waals surface area contributed by atoms with Gasteiger partial charge < -0.3 is 15.6 Å². The fourth-order valence-corrected chi connectivity index (χ4v) is 1.70. The van der Waals surface area contributed by atoms with Gasteiger partial charge in [0.2, 0.25) is 0 Å². The van der Waals surface area contributed by atoms with E-state index in [1.165, 1.54) is 12.1 Å². The number of carboxylic acid groups (broad SMARTS) is 1. The molecule has 2 rings (SSSR count). The predicted molar refractivity (Wildman–Crippen MR) is 72.2 cm³/mol. The number of benzene rings is 2. The largest absolute Gasteiger partial charge is 0.480 e. The van der Waals surface area contributed by atoms with E-state index in [0.29, 0.717) is 11.5 Å². The molecule has 0 fully saturated rings. The van der Waals surface area contributed by atoms with Crippen molar-refractivity contribution >= 4 is 5.97 Å². The lowest BCUT2D eigenvalue weighted by Crippen LogP contribution is -2.32. The molecule has 0 heterocycles. The average molecular weight is 275 g/mol. The van der Waals surface area contributed by atoms with Crippen molar-refractivity contribution in [2.24, 2.45) is 5.73 Å². The zero-order valence-corrected chi connectivity index (χ0v) is 10.6. The van der Waals surface area contributed by atoms with Gasteiger partial charge in [-0.3, -0.25) is 4.79 Å². The number of ether oxygens (including phenoxy) is 1. The Morgan fingerprint density at radius 1 is 1.20 bits per heavy atom. The van der Waals surface area contributed by atoms with E-state index in [2.05, 4.69) is 0 Å². The predicted octanol–water partition coefficient (Wildman–Crippen LogP) is 2.57. The van der Waals surface area contributed by atoms with Crippen LogP contribution < -0.4 is 10.5 Å². The summed E-state index contributed by atoms with van der Waals surface area (Å²) in [5, 5.41) is 8.73. The lowest BCUT2D eigenvalue weighted by Gasteiger charge is -2.08. The molecule has 5 heteroatoms. The van der Waals surface area contributed by atoms with Gasteiger partial charge in [0.15, 0.2) is 0 Å². The number of halogens is 1. The van der Waals surface area contributed by atoms with E-state index < -0.39 is 12.0 Å². The highest BCUT2D eigenvalue weighted by Gasteiger charge is 2.11. The minimum Gasteiger partial charge on any atom is -0.480 e. The standard InChI is InChI=1S/C15H14FNO3/c16-11-2-1-3-13(9-11)20-12-6-4-10(5-7-12)8-14(17)15(18)19/h1-7,9,14H,8,17H2,(H,18,19). The molecule has 0 spiro atoms. The van der Waals surface area contributed by atoms with E-state index >= 15 is 0 Å². The van der Waals surface area contributed by atoms with Gasteiger partial charge in [-0.2, -0.15) is 0 Å². The smallest absolute Gasteiger partial charge is 0.320 e. The average Bonchev–Trinajstić information content (AvgIpc) is 2.41. The van der Waals surface area contributed by atoms with Gasteiger partial charge in [0.1, 0.15) is 23.4 Å². The zero-order valence-electron chi connectivity index (χ0n) is 10.6. The van der Waals surface area contributed by atoms with E-state index in [0.717, 1.165) is 5.56 Å². The monoisotopic (exact) mass is 275 g/mol. The van der Waals surface area contributed by atoms with Crippen molar-refractivity contribution < 1.29 is 19.0 Å². The van der Waals surface area contributed by atoms with Gasteiger partial charge in [-0.25, -0.2) is 4.39 Å². The Hall–Kier alpha value is -2.40. The first-order valence-electron chi connectivity index (χ1n) is 6.05. The van der Waals surface area contributed by atoms with E-state index in [9.17, 15) is 9.18 Å². The Labute approximate surface area is 115 Å². The number of hydrogen-bond acceptors (Lipinski definition) is 3. The summed E-state index contributed by atoms with van der Waals surface area (Å²) >= 11 is 0. The van der Waals surface area contributed by atoms with Crippen molar-refractivity contribution in [3.8, 4) is 11.5 Å². The van der Waals surface area contributed by atoms with Crippen LogP contribution >= 0.6 is 0 Å². The third-order valence-corrected chi connectivity index (χ3v) is 2.73. The van der Waals surface area contributed by atoms with Crippen LogP contribution in [0, 0.1) is 5.82 Å². The minimum atomic E-state index is -1.04. The molecule has 3 N–H and O–H groups in total. The molecule has 104 valence electrons. The van der Waals surface area contributed by atoms with Gasteiger partial charge in [-0.1, -0.05) is 18.2 Å². The topological polar surface area (TPSA) is 72.5 Å². The van der Waals surface area contributed by atoms with E-state index in [1.54, 1.807) is 36.4 Å². The molecular formula is C15H14FNO3. The SMILES string of the molecule is NC(Cc1ccc(Oc2cccc(F)c2)cc1)C(=O)O. The lowest BCUT2D eigenvalue weighted by atomic mass is 10.1. The summed E-state index contributed by atoms with van der Waals surface area (Å²) in [6.07, 6.45) is 0.246. The number of carboxylic acids is 1. The van der Waals surface area contributed by atoms with Crippen LogP contribution in [0.4, 0.5) is 4.39 Å². The van der Waals surface area contributed by atoms with Gasteiger partial charge in [-0.05, 0) is 36.2 Å². The van der Waals surface area contributed by atoms with Crippen molar-refractivity contribution in [2.45, 2.75) is 12.5 Å². The number of rotatable bonds is 5. The molecule has 0 aliphatic heterocycles. The Bertz CT molecular complexity index is 598. The fraction of sp³-hybridized carbons (Fsp3) is 0.133. The van der Waals surface area contributed by atoms with Crippen molar-refractivity contribution in [3.05, 3.63) is 59.9 Å². The number of hydrogen-bond donors (Lipinski definition) is 2. The summed E-state index contributed by atoms with van der Waals surface area (Å²) in [4.78, 5) is 10.7.